The van der Waals surface area contributed by atoms with Crippen LogP contribution in [-0.2, 0) is 7.05 Å². The first-order valence-corrected chi connectivity index (χ1v) is 7.26. The monoisotopic (exact) mass is 306 g/mol. The second kappa shape index (κ2) is 5.28. The number of nitrogens with zero attached hydrogens (tertiary/aromatic N) is 2. The molecule has 0 saturated carbocycles. The Hall–Kier alpha value is -3.08. The van der Waals surface area contributed by atoms with Crippen LogP contribution in [0.1, 0.15) is 16.2 Å². The number of ketones is 1. The molecule has 2 aromatic carbocycles. The number of aryl methyl sites for hydroxylation is 1. The van der Waals surface area contributed by atoms with Crippen molar-refractivity contribution in [3.05, 3.63) is 59.9 Å². The number of aromatic nitrogens is 2. The van der Waals surface area contributed by atoms with Crippen molar-refractivity contribution >= 4 is 22.9 Å². The molecule has 23 heavy (non-hydrogen) atoms. The molecule has 1 aliphatic rings. The first kappa shape index (κ1) is 13.6. The molecule has 0 aliphatic carbocycles. The summed E-state index contributed by atoms with van der Waals surface area (Å²) in [5, 5.41) is 0. The summed E-state index contributed by atoms with van der Waals surface area (Å²) in [4.78, 5) is 16.8. The second-order valence-electron chi connectivity index (χ2n) is 5.29. The van der Waals surface area contributed by atoms with E-state index in [1.54, 1.807) is 6.08 Å². The number of carbonyl (C=O) groups is 1. The molecule has 0 atom stereocenters. The van der Waals surface area contributed by atoms with Crippen molar-refractivity contribution in [3.63, 3.8) is 0 Å². The highest BCUT2D eigenvalue weighted by Gasteiger charge is 2.14. The Balaban J connectivity index is 1.62. The third kappa shape index (κ3) is 2.36. The third-order valence-electron chi connectivity index (χ3n) is 3.83. The van der Waals surface area contributed by atoms with Gasteiger partial charge in [0.1, 0.15) is 0 Å². The van der Waals surface area contributed by atoms with Crippen LogP contribution in [0.15, 0.2) is 48.5 Å². The molecule has 1 aliphatic heterocycles. The molecule has 2 heterocycles. The third-order valence-corrected chi connectivity index (χ3v) is 3.83. The molecular weight excluding hydrogens is 292 g/mol. The van der Waals surface area contributed by atoms with Gasteiger partial charge in [-0.2, -0.15) is 0 Å². The molecule has 0 fully saturated rings. The Kier molecular flexibility index (Phi) is 3.12. The lowest BCUT2D eigenvalue weighted by atomic mass is 10.1. The standard InChI is InChI=1S/C18H14N2O3/c1-20-14-5-3-2-4-13(14)19-18(20)15(21)8-6-12-7-9-16-17(10-12)23-11-22-16/h2-10H,11H2,1H3. The molecule has 0 unspecified atom stereocenters. The van der Waals surface area contributed by atoms with Crippen molar-refractivity contribution in [2.75, 3.05) is 6.79 Å². The van der Waals surface area contributed by atoms with Crippen LogP contribution in [0.3, 0.4) is 0 Å². The predicted octanol–water partition coefficient (Wildman–Crippen LogP) is 3.20. The zero-order valence-corrected chi connectivity index (χ0v) is 12.5. The quantitative estimate of drug-likeness (QED) is 0.551. The largest absolute Gasteiger partial charge is 0.454 e. The van der Waals surface area contributed by atoms with Gasteiger partial charge >= 0.3 is 0 Å². The van der Waals surface area contributed by atoms with Gasteiger partial charge in [-0.25, -0.2) is 4.98 Å². The van der Waals surface area contributed by atoms with Crippen molar-refractivity contribution in [1.82, 2.24) is 9.55 Å². The van der Waals surface area contributed by atoms with Gasteiger partial charge < -0.3 is 14.0 Å². The summed E-state index contributed by atoms with van der Waals surface area (Å²) in [5.41, 5.74) is 2.63. The van der Waals surface area contributed by atoms with Crippen LogP contribution in [0.4, 0.5) is 0 Å². The lowest BCUT2D eigenvalue weighted by molar-refractivity contribution is 0.103. The molecule has 5 nitrogen and oxygen atoms in total. The maximum Gasteiger partial charge on any atom is 0.231 e. The fraction of sp³-hybridized carbons (Fsp3) is 0.111. The number of fused-ring (bicyclic) bond motifs is 2. The molecule has 0 spiro atoms. The van der Waals surface area contributed by atoms with E-state index < -0.39 is 0 Å². The Labute approximate surface area is 132 Å². The minimum Gasteiger partial charge on any atom is -0.454 e. The maximum absolute atomic E-state index is 12.4. The minimum atomic E-state index is -0.138. The number of imidazole rings is 1. The van der Waals surface area contributed by atoms with Crippen LogP contribution < -0.4 is 9.47 Å². The maximum atomic E-state index is 12.4. The van der Waals surface area contributed by atoms with Crippen LogP contribution in [0.25, 0.3) is 17.1 Å². The number of para-hydroxylation sites is 2. The average molecular weight is 306 g/mol. The number of hydrogen-bond acceptors (Lipinski definition) is 4. The molecule has 0 N–H and O–H groups in total. The van der Waals surface area contributed by atoms with E-state index in [9.17, 15) is 4.79 Å². The van der Waals surface area contributed by atoms with E-state index in [1.807, 2.05) is 54.1 Å². The van der Waals surface area contributed by atoms with Crippen LogP contribution in [0.5, 0.6) is 11.5 Å². The molecule has 3 aromatic rings. The smallest absolute Gasteiger partial charge is 0.231 e. The Morgan fingerprint density at radius 1 is 1.17 bits per heavy atom. The summed E-state index contributed by atoms with van der Waals surface area (Å²) in [6.07, 6.45) is 3.28. The van der Waals surface area contributed by atoms with E-state index >= 15 is 0 Å². The first-order valence-electron chi connectivity index (χ1n) is 7.26. The molecule has 0 amide bonds. The van der Waals surface area contributed by atoms with E-state index in [2.05, 4.69) is 4.98 Å². The number of carbonyl (C=O) groups excluding carboxylic acids is 1. The normalized spacial score (nSPS) is 13.1. The Morgan fingerprint density at radius 2 is 2.00 bits per heavy atom. The van der Waals surface area contributed by atoms with E-state index in [4.69, 9.17) is 9.47 Å². The highest BCUT2D eigenvalue weighted by Crippen LogP contribution is 2.32. The fourth-order valence-corrected chi connectivity index (χ4v) is 2.63. The van der Waals surface area contributed by atoms with Crippen LogP contribution in [0.2, 0.25) is 0 Å². The predicted molar refractivity (Wildman–Crippen MR) is 86.6 cm³/mol. The fourth-order valence-electron chi connectivity index (χ4n) is 2.63. The second-order valence-corrected chi connectivity index (χ2v) is 5.29. The molecule has 5 heteroatoms. The molecule has 4 rings (SSSR count). The van der Waals surface area contributed by atoms with E-state index in [0.29, 0.717) is 11.6 Å². The van der Waals surface area contributed by atoms with Crippen LogP contribution >= 0.6 is 0 Å². The summed E-state index contributed by atoms with van der Waals surface area (Å²) in [7, 11) is 1.84. The van der Waals surface area contributed by atoms with Gasteiger partial charge in [0.2, 0.25) is 12.6 Å². The molecular formula is C18H14N2O3. The first-order chi connectivity index (χ1) is 11.2. The highest BCUT2D eigenvalue weighted by molar-refractivity contribution is 6.06. The van der Waals surface area contributed by atoms with E-state index in [-0.39, 0.29) is 12.6 Å². The van der Waals surface area contributed by atoms with Crippen molar-refractivity contribution in [2.45, 2.75) is 0 Å². The average Bonchev–Trinajstić information content (AvgIpc) is 3.17. The lowest BCUT2D eigenvalue weighted by Crippen LogP contribution is -2.04. The van der Waals surface area contributed by atoms with E-state index in [0.717, 1.165) is 22.3 Å². The van der Waals surface area contributed by atoms with Crippen molar-refractivity contribution in [3.8, 4) is 11.5 Å². The van der Waals surface area contributed by atoms with Gasteiger partial charge in [0.15, 0.2) is 17.3 Å². The van der Waals surface area contributed by atoms with Gasteiger partial charge in [-0.3, -0.25) is 4.79 Å². The summed E-state index contributed by atoms with van der Waals surface area (Å²) in [6, 6.07) is 13.2. The van der Waals surface area contributed by atoms with Crippen molar-refractivity contribution < 1.29 is 14.3 Å². The summed E-state index contributed by atoms with van der Waals surface area (Å²) >= 11 is 0. The Bertz CT molecular complexity index is 941. The zero-order chi connectivity index (χ0) is 15.8. The number of benzene rings is 2. The molecule has 0 radical (unpaired) electrons. The summed E-state index contributed by atoms with van der Waals surface area (Å²) in [6.45, 7) is 0.237. The zero-order valence-electron chi connectivity index (χ0n) is 12.5. The number of allylic oxidation sites excluding steroid dienone is 1. The van der Waals surface area contributed by atoms with Crippen LogP contribution in [-0.4, -0.2) is 22.1 Å². The SMILES string of the molecule is Cn1c(C(=O)C=Cc2ccc3c(c2)OCO3)nc2ccccc21. The minimum absolute atomic E-state index is 0.138. The number of hydrogen-bond donors (Lipinski definition) is 0. The molecule has 114 valence electrons. The molecule has 0 saturated heterocycles. The lowest BCUT2D eigenvalue weighted by Gasteiger charge is -1.99. The van der Waals surface area contributed by atoms with Crippen LogP contribution in [0, 0.1) is 0 Å². The van der Waals surface area contributed by atoms with Crippen molar-refractivity contribution in [1.29, 1.82) is 0 Å². The van der Waals surface area contributed by atoms with Gasteiger partial charge in [0.05, 0.1) is 11.0 Å². The van der Waals surface area contributed by atoms with Gasteiger partial charge in [-0.1, -0.05) is 24.3 Å². The van der Waals surface area contributed by atoms with Gasteiger partial charge in [0.25, 0.3) is 0 Å². The number of ether oxygens (including phenoxy) is 2. The highest BCUT2D eigenvalue weighted by atomic mass is 16.7. The van der Waals surface area contributed by atoms with Gasteiger partial charge in [-0.15, -0.1) is 0 Å². The summed E-state index contributed by atoms with van der Waals surface area (Å²) < 4.78 is 12.4. The summed E-state index contributed by atoms with van der Waals surface area (Å²) in [5.74, 6) is 1.70. The van der Waals surface area contributed by atoms with E-state index in [1.165, 1.54) is 6.08 Å². The topological polar surface area (TPSA) is 53.4 Å². The van der Waals surface area contributed by atoms with Gasteiger partial charge in [-0.05, 0) is 35.9 Å². The molecule has 0 bridgehead atoms. The Morgan fingerprint density at radius 3 is 2.87 bits per heavy atom. The van der Waals surface area contributed by atoms with Gasteiger partial charge in [0, 0.05) is 7.05 Å². The van der Waals surface area contributed by atoms with Crippen molar-refractivity contribution in [2.24, 2.45) is 7.05 Å². The number of rotatable bonds is 3. The molecule has 1 aromatic heterocycles.